The van der Waals surface area contributed by atoms with Crippen molar-refractivity contribution in [1.82, 2.24) is 0 Å². The average Bonchev–Trinajstić information content (AvgIpc) is 2.03. The lowest BCUT2D eigenvalue weighted by Gasteiger charge is -1.96. The highest BCUT2D eigenvalue weighted by molar-refractivity contribution is 7.85. The predicted octanol–water partition coefficient (Wildman–Crippen LogP) is 0.382. The fraction of sp³-hybridized carbons (Fsp3) is 0.375. The smallest absolute Gasteiger partial charge is 0.269 e. The molecule has 1 aromatic heterocycles. The van der Waals surface area contributed by atoms with Crippen molar-refractivity contribution >= 4 is 10.1 Å². The van der Waals surface area contributed by atoms with Crippen LogP contribution in [-0.4, -0.2) is 13.0 Å². The van der Waals surface area contributed by atoms with Crippen LogP contribution >= 0.6 is 0 Å². The minimum atomic E-state index is -3.91. The Balaban J connectivity index is 2.81. The molecule has 1 rings (SSSR count). The Hall–Kier alpha value is -0.940. The number of pyridine rings is 1. The summed E-state index contributed by atoms with van der Waals surface area (Å²) < 4.78 is 31.5. The quantitative estimate of drug-likeness (QED) is 0.569. The van der Waals surface area contributed by atoms with Crippen LogP contribution in [0.2, 0.25) is 0 Å². The molecule has 0 amide bonds. The molecule has 4 nitrogen and oxygen atoms in total. The van der Waals surface area contributed by atoms with Gasteiger partial charge in [-0.2, -0.15) is 8.42 Å². The van der Waals surface area contributed by atoms with Gasteiger partial charge in [-0.05, 0) is 12.5 Å². The fourth-order valence-corrected chi connectivity index (χ4v) is 1.62. The Bertz CT molecular complexity index is 369. The van der Waals surface area contributed by atoms with Crippen LogP contribution in [0.5, 0.6) is 0 Å². The van der Waals surface area contributed by atoms with Gasteiger partial charge >= 0.3 is 0 Å². The van der Waals surface area contributed by atoms with Gasteiger partial charge < -0.3 is 0 Å². The second-order valence-corrected chi connectivity index (χ2v) is 4.22. The van der Waals surface area contributed by atoms with E-state index in [2.05, 4.69) is 0 Å². The van der Waals surface area contributed by atoms with E-state index in [1.54, 1.807) is 24.5 Å². The Morgan fingerprint density at radius 1 is 1.38 bits per heavy atom. The lowest BCUT2D eigenvalue weighted by atomic mass is 10.3. The summed E-state index contributed by atoms with van der Waals surface area (Å²) in [7, 11) is -3.91. The second-order valence-electron chi connectivity index (χ2n) is 2.76. The van der Waals surface area contributed by atoms with Crippen molar-refractivity contribution in [1.29, 1.82) is 0 Å². The van der Waals surface area contributed by atoms with Crippen molar-refractivity contribution in [2.45, 2.75) is 19.2 Å². The minimum Gasteiger partial charge on any atom is -0.285 e. The SMILES string of the molecule is CC[n+]1ccc(CS(=O)(=O)O)cc1. The molecule has 1 N–H and O–H groups in total. The van der Waals surface area contributed by atoms with Crippen molar-refractivity contribution in [3.05, 3.63) is 30.1 Å². The summed E-state index contributed by atoms with van der Waals surface area (Å²) in [5, 5.41) is 0. The lowest BCUT2D eigenvalue weighted by Crippen LogP contribution is -2.30. The highest BCUT2D eigenvalue weighted by Gasteiger charge is 2.07. The van der Waals surface area contributed by atoms with Gasteiger partial charge in [0.25, 0.3) is 10.1 Å². The Labute approximate surface area is 77.6 Å². The van der Waals surface area contributed by atoms with E-state index in [9.17, 15) is 8.42 Å². The van der Waals surface area contributed by atoms with E-state index < -0.39 is 10.1 Å². The molecule has 0 saturated heterocycles. The molecule has 0 aliphatic heterocycles. The molecule has 0 unspecified atom stereocenters. The van der Waals surface area contributed by atoms with E-state index >= 15 is 0 Å². The van der Waals surface area contributed by atoms with Crippen molar-refractivity contribution in [3.63, 3.8) is 0 Å². The van der Waals surface area contributed by atoms with Gasteiger partial charge in [0.1, 0.15) is 12.3 Å². The number of hydrogen-bond acceptors (Lipinski definition) is 2. The molecule has 0 spiro atoms. The molecule has 0 aliphatic rings. The van der Waals surface area contributed by atoms with Crippen molar-refractivity contribution in [2.24, 2.45) is 0 Å². The van der Waals surface area contributed by atoms with Crippen LogP contribution in [-0.2, 0) is 22.4 Å². The topological polar surface area (TPSA) is 58.2 Å². The van der Waals surface area contributed by atoms with E-state index in [0.717, 1.165) is 6.54 Å². The van der Waals surface area contributed by atoms with E-state index in [-0.39, 0.29) is 5.75 Å². The summed E-state index contributed by atoms with van der Waals surface area (Å²) >= 11 is 0. The molecule has 0 atom stereocenters. The zero-order valence-corrected chi connectivity index (χ0v) is 8.16. The summed E-state index contributed by atoms with van der Waals surface area (Å²) in [4.78, 5) is 0. The molecule has 0 bridgehead atoms. The molecule has 0 saturated carbocycles. The van der Waals surface area contributed by atoms with Crippen LogP contribution < -0.4 is 4.57 Å². The van der Waals surface area contributed by atoms with E-state index in [4.69, 9.17) is 4.55 Å². The number of hydrogen-bond donors (Lipinski definition) is 1. The van der Waals surface area contributed by atoms with Gasteiger partial charge in [0.05, 0.1) is 0 Å². The van der Waals surface area contributed by atoms with Gasteiger partial charge in [-0.25, -0.2) is 4.57 Å². The van der Waals surface area contributed by atoms with E-state index in [1.807, 2.05) is 11.5 Å². The third-order valence-electron chi connectivity index (χ3n) is 1.67. The maximum Gasteiger partial charge on any atom is 0.269 e. The number of aryl methyl sites for hydroxylation is 1. The highest BCUT2D eigenvalue weighted by Crippen LogP contribution is 2.00. The van der Waals surface area contributed by atoms with Gasteiger partial charge in [0.2, 0.25) is 0 Å². The number of rotatable bonds is 3. The first-order valence-electron chi connectivity index (χ1n) is 3.94. The number of nitrogens with zero attached hydrogens (tertiary/aromatic N) is 1. The molecular weight excluding hydrogens is 190 g/mol. The molecule has 0 radical (unpaired) electrons. The molecule has 13 heavy (non-hydrogen) atoms. The summed E-state index contributed by atoms with van der Waals surface area (Å²) in [6.45, 7) is 2.83. The summed E-state index contributed by atoms with van der Waals surface area (Å²) in [6.07, 6.45) is 3.56. The molecule has 72 valence electrons. The fourth-order valence-electron chi connectivity index (χ4n) is 1.01. The second kappa shape index (κ2) is 3.85. The molecule has 5 heteroatoms. The van der Waals surface area contributed by atoms with Crippen molar-refractivity contribution in [3.8, 4) is 0 Å². The van der Waals surface area contributed by atoms with Gasteiger partial charge in [-0.15, -0.1) is 0 Å². The molecule has 0 aliphatic carbocycles. The molecule has 0 fully saturated rings. The van der Waals surface area contributed by atoms with Gasteiger partial charge in [0, 0.05) is 12.1 Å². The van der Waals surface area contributed by atoms with Crippen LogP contribution in [0.15, 0.2) is 24.5 Å². The third-order valence-corrected chi connectivity index (χ3v) is 2.37. The Morgan fingerprint density at radius 3 is 2.31 bits per heavy atom. The maximum atomic E-state index is 10.5. The normalized spacial score (nSPS) is 11.5. The summed E-state index contributed by atoms with van der Waals surface area (Å²) in [5.74, 6) is -0.322. The van der Waals surface area contributed by atoms with Gasteiger partial charge in [-0.3, -0.25) is 4.55 Å². The first kappa shape index (κ1) is 10.1. The van der Waals surface area contributed by atoms with Gasteiger partial charge in [0.15, 0.2) is 12.4 Å². The average molecular weight is 202 g/mol. The molecular formula is C8H12NO3S+. The summed E-state index contributed by atoms with van der Waals surface area (Å²) in [6, 6.07) is 3.36. The molecule has 0 aromatic carbocycles. The first-order valence-corrected chi connectivity index (χ1v) is 5.55. The van der Waals surface area contributed by atoms with E-state index in [0.29, 0.717) is 5.56 Å². The predicted molar refractivity (Wildman–Crippen MR) is 47.6 cm³/mol. The monoisotopic (exact) mass is 202 g/mol. The first-order chi connectivity index (χ1) is 6.01. The minimum absolute atomic E-state index is 0.322. The standard InChI is InChI=1S/C8H11NO3S/c1-2-9-5-3-8(4-6-9)7-13(10,11)12/h3-6H,2,7H2,1H3/p+1. The summed E-state index contributed by atoms with van der Waals surface area (Å²) in [5.41, 5.74) is 0.590. The maximum absolute atomic E-state index is 10.5. The molecule has 1 heterocycles. The Morgan fingerprint density at radius 2 is 1.92 bits per heavy atom. The highest BCUT2D eigenvalue weighted by atomic mass is 32.2. The Kier molecular flexibility index (Phi) is 3.00. The van der Waals surface area contributed by atoms with Crippen LogP contribution in [0.4, 0.5) is 0 Å². The van der Waals surface area contributed by atoms with Crippen molar-refractivity contribution < 1.29 is 17.5 Å². The van der Waals surface area contributed by atoms with Crippen LogP contribution in [0, 0.1) is 0 Å². The van der Waals surface area contributed by atoms with E-state index in [1.165, 1.54) is 0 Å². The van der Waals surface area contributed by atoms with Gasteiger partial charge in [-0.1, -0.05) is 0 Å². The van der Waals surface area contributed by atoms with Crippen LogP contribution in [0.25, 0.3) is 0 Å². The van der Waals surface area contributed by atoms with Crippen LogP contribution in [0.1, 0.15) is 12.5 Å². The van der Waals surface area contributed by atoms with Crippen molar-refractivity contribution in [2.75, 3.05) is 0 Å². The lowest BCUT2D eigenvalue weighted by molar-refractivity contribution is -0.693. The molecule has 1 aromatic rings. The van der Waals surface area contributed by atoms with Crippen LogP contribution in [0.3, 0.4) is 0 Å². The number of aromatic nitrogens is 1. The largest absolute Gasteiger partial charge is 0.285 e. The zero-order chi connectivity index (χ0) is 9.90. The zero-order valence-electron chi connectivity index (χ0n) is 7.34. The third kappa shape index (κ3) is 3.52.